The number of halogens is 1. The van der Waals surface area contributed by atoms with Gasteiger partial charge in [0, 0.05) is 10.6 Å². The van der Waals surface area contributed by atoms with Gasteiger partial charge >= 0.3 is 0 Å². The molecule has 4 nitrogen and oxygen atoms in total. The first-order chi connectivity index (χ1) is 7.15. The Morgan fingerprint density at radius 2 is 2.27 bits per heavy atom. The van der Waals surface area contributed by atoms with Crippen LogP contribution in [0.25, 0.3) is 0 Å². The first-order valence-corrected chi connectivity index (χ1v) is 5.08. The summed E-state index contributed by atoms with van der Waals surface area (Å²) in [4.78, 5) is 4.86. The highest BCUT2D eigenvalue weighted by Gasteiger charge is 2.06. The Kier molecular flexibility index (Phi) is 2.59. The quantitative estimate of drug-likeness (QED) is 0.765. The Hall–Kier alpha value is -1.56. The maximum Gasteiger partial charge on any atom is 0.213 e. The van der Waals surface area contributed by atoms with Crippen molar-refractivity contribution in [3.63, 3.8) is 0 Å². The third-order valence-electron chi connectivity index (χ3n) is 1.75. The van der Waals surface area contributed by atoms with Crippen LogP contribution in [0.5, 0.6) is 0 Å². The lowest BCUT2D eigenvalue weighted by atomic mass is 10.3. The fourth-order valence-electron chi connectivity index (χ4n) is 1.08. The first-order valence-electron chi connectivity index (χ1n) is 4.27. The second-order valence-corrected chi connectivity index (χ2v) is 4.00. The van der Waals surface area contributed by atoms with E-state index in [1.807, 2.05) is 6.92 Å². The minimum absolute atomic E-state index is 0.344. The van der Waals surface area contributed by atoms with Gasteiger partial charge in [0.05, 0.1) is 0 Å². The lowest BCUT2D eigenvalue weighted by Gasteiger charge is -2.01. The van der Waals surface area contributed by atoms with Crippen LogP contribution in [0.1, 0.15) is 5.82 Å². The molecule has 0 radical (unpaired) electrons. The highest BCUT2D eigenvalue weighted by atomic mass is 32.2. The number of anilines is 1. The predicted molar refractivity (Wildman–Crippen MR) is 56.1 cm³/mol. The van der Waals surface area contributed by atoms with E-state index in [0.717, 1.165) is 10.7 Å². The Morgan fingerprint density at radius 3 is 2.87 bits per heavy atom. The van der Waals surface area contributed by atoms with Crippen LogP contribution in [-0.4, -0.2) is 15.2 Å². The van der Waals surface area contributed by atoms with Crippen LogP contribution < -0.4 is 5.73 Å². The first kappa shape index (κ1) is 9.97. The number of aryl methyl sites for hydroxylation is 1. The van der Waals surface area contributed by atoms with Crippen molar-refractivity contribution in [2.75, 3.05) is 5.73 Å². The summed E-state index contributed by atoms with van der Waals surface area (Å²) in [6.45, 7) is 1.81. The molecule has 0 unspecified atom stereocenters. The van der Waals surface area contributed by atoms with E-state index in [2.05, 4.69) is 15.2 Å². The lowest BCUT2D eigenvalue weighted by molar-refractivity contribution is 0.627. The van der Waals surface area contributed by atoms with Gasteiger partial charge in [-0.2, -0.15) is 0 Å². The summed E-state index contributed by atoms with van der Waals surface area (Å²) in [5.74, 6) is 0.390. The van der Waals surface area contributed by atoms with Gasteiger partial charge in [0.1, 0.15) is 11.6 Å². The third-order valence-corrected chi connectivity index (χ3v) is 2.71. The normalized spacial score (nSPS) is 10.5. The van der Waals surface area contributed by atoms with Crippen molar-refractivity contribution in [3.05, 3.63) is 29.8 Å². The maximum atomic E-state index is 12.8. The number of benzene rings is 1. The molecule has 0 bridgehead atoms. The molecule has 0 saturated heterocycles. The van der Waals surface area contributed by atoms with Gasteiger partial charge < -0.3 is 5.73 Å². The molecule has 0 aliphatic heterocycles. The molecule has 0 atom stereocenters. The Balaban J connectivity index is 2.24. The van der Waals surface area contributed by atoms with Crippen LogP contribution in [0, 0.1) is 12.7 Å². The summed E-state index contributed by atoms with van der Waals surface area (Å²) < 4.78 is 12.8. The molecular formula is C9H9FN4S. The Labute approximate surface area is 90.1 Å². The van der Waals surface area contributed by atoms with E-state index < -0.39 is 0 Å². The zero-order chi connectivity index (χ0) is 10.8. The van der Waals surface area contributed by atoms with Gasteiger partial charge in [-0.3, -0.25) is 5.10 Å². The Morgan fingerprint density at radius 1 is 1.47 bits per heavy atom. The second kappa shape index (κ2) is 3.90. The third kappa shape index (κ3) is 2.27. The van der Waals surface area contributed by atoms with Crippen LogP contribution in [0.4, 0.5) is 10.1 Å². The lowest BCUT2D eigenvalue weighted by Crippen LogP contribution is -1.90. The number of nitrogen functional groups attached to an aromatic ring is 1. The van der Waals surface area contributed by atoms with E-state index in [4.69, 9.17) is 5.73 Å². The van der Waals surface area contributed by atoms with Crippen LogP contribution >= 0.6 is 11.8 Å². The number of hydrogen-bond acceptors (Lipinski definition) is 4. The molecule has 2 rings (SSSR count). The van der Waals surface area contributed by atoms with Gasteiger partial charge in [0.2, 0.25) is 5.16 Å². The number of aromatic nitrogens is 3. The molecule has 1 aromatic carbocycles. The highest BCUT2D eigenvalue weighted by Crippen LogP contribution is 2.29. The average molecular weight is 224 g/mol. The van der Waals surface area contributed by atoms with Crippen molar-refractivity contribution in [3.8, 4) is 0 Å². The molecule has 0 amide bonds. The monoisotopic (exact) mass is 224 g/mol. The van der Waals surface area contributed by atoms with Gasteiger partial charge in [0.25, 0.3) is 0 Å². The van der Waals surface area contributed by atoms with Gasteiger partial charge in [-0.05, 0) is 36.9 Å². The average Bonchev–Trinajstić information content (AvgIpc) is 2.56. The molecule has 0 spiro atoms. The standard InChI is InChI=1S/C9H9FN4S/c1-5-12-9(14-13-5)15-8-3-2-6(10)4-7(8)11/h2-4H,11H2,1H3,(H,12,13,14). The van der Waals surface area contributed by atoms with Crippen LogP contribution in [0.2, 0.25) is 0 Å². The molecule has 0 aliphatic carbocycles. The summed E-state index contributed by atoms with van der Waals surface area (Å²) in [6, 6.07) is 4.25. The van der Waals surface area contributed by atoms with Crippen molar-refractivity contribution in [1.82, 2.24) is 15.2 Å². The zero-order valence-electron chi connectivity index (χ0n) is 7.99. The smallest absolute Gasteiger partial charge is 0.213 e. The van der Waals surface area contributed by atoms with Gasteiger partial charge in [-0.1, -0.05) is 0 Å². The number of nitrogens with two attached hydrogens (primary N) is 1. The van der Waals surface area contributed by atoms with Crippen molar-refractivity contribution in [1.29, 1.82) is 0 Å². The summed E-state index contributed by atoms with van der Waals surface area (Å²) in [6.07, 6.45) is 0. The number of rotatable bonds is 2. The molecule has 6 heteroatoms. The largest absolute Gasteiger partial charge is 0.398 e. The summed E-state index contributed by atoms with van der Waals surface area (Å²) >= 11 is 1.30. The number of nitrogens with one attached hydrogen (secondary N) is 1. The molecule has 3 N–H and O–H groups in total. The van der Waals surface area contributed by atoms with Crippen LogP contribution in [0.3, 0.4) is 0 Å². The molecule has 1 aromatic heterocycles. The van der Waals surface area contributed by atoms with E-state index in [1.165, 1.54) is 23.9 Å². The van der Waals surface area contributed by atoms with Gasteiger partial charge in [-0.25, -0.2) is 9.37 Å². The van der Waals surface area contributed by atoms with E-state index in [-0.39, 0.29) is 5.82 Å². The molecule has 1 heterocycles. The minimum Gasteiger partial charge on any atom is -0.398 e. The van der Waals surface area contributed by atoms with Crippen molar-refractivity contribution in [2.24, 2.45) is 0 Å². The number of hydrogen-bond donors (Lipinski definition) is 2. The van der Waals surface area contributed by atoms with E-state index >= 15 is 0 Å². The summed E-state index contributed by atoms with van der Waals surface area (Å²) in [5.41, 5.74) is 6.04. The number of nitrogens with zero attached hydrogens (tertiary/aromatic N) is 2. The van der Waals surface area contributed by atoms with Crippen molar-refractivity contribution < 1.29 is 4.39 Å². The predicted octanol–water partition coefficient (Wildman–Crippen LogP) is 1.99. The second-order valence-electron chi connectivity index (χ2n) is 2.99. The van der Waals surface area contributed by atoms with Gasteiger partial charge in [0.15, 0.2) is 0 Å². The molecule has 78 valence electrons. The fourth-order valence-corrected chi connectivity index (χ4v) is 1.86. The summed E-state index contributed by atoms with van der Waals surface area (Å²) in [5, 5.41) is 7.25. The molecule has 0 fully saturated rings. The fraction of sp³-hybridized carbons (Fsp3) is 0.111. The molecule has 15 heavy (non-hydrogen) atoms. The Bertz CT molecular complexity index is 483. The van der Waals surface area contributed by atoms with Crippen molar-refractivity contribution >= 4 is 17.4 Å². The SMILES string of the molecule is Cc1nc(Sc2ccc(F)cc2N)n[nH]1. The zero-order valence-corrected chi connectivity index (χ0v) is 8.81. The molecule has 0 aliphatic rings. The molecular weight excluding hydrogens is 215 g/mol. The highest BCUT2D eigenvalue weighted by molar-refractivity contribution is 7.99. The van der Waals surface area contributed by atoms with E-state index in [0.29, 0.717) is 10.8 Å². The van der Waals surface area contributed by atoms with Gasteiger partial charge in [-0.15, -0.1) is 5.10 Å². The number of aromatic amines is 1. The molecule has 0 saturated carbocycles. The van der Waals surface area contributed by atoms with Crippen LogP contribution in [0.15, 0.2) is 28.3 Å². The van der Waals surface area contributed by atoms with E-state index in [1.54, 1.807) is 6.07 Å². The number of H-pyrrole nitrogens is 1. The van der Waals surface area contributed by atoms with E-state index in [9.17, 15) is 4.39 Å². The minimum atomic E-state index is -0.344. The maximum absolute atomic E-state index is 12.8. The van der Waals surface area contributed by atoms with Crippen molar-refractivity contribution in [2.45, 2.75) is 17.0 Å². The molecule has 2 aromatic rings. The summed E-state index contributed by atoms with van der Waals surface area (Å²) in [7, 11) is 0. The topological polar surface area (TPSA) is 67.6 Å². The van der Waals surface area contributed by atoms with Crippen LogP contribution in [-0.2, 0) is 0 Å².